The Morgan fingerprint density at radius 2 is 0.500 bits per heavy atom. The number of rotatable bonds is 7. The number of carbonyl (C=O) groups is 1. The molecule has 0 N–H and O–H groups in total. The van der Waals surface area contributed by atoms with Gasteiger partial charge in [-0.1, -0.05) is 273 Å². The highest BCUT2D eigenvalue weighted by Gasteiger charge is 2.40. The summed E-state index contributed by atoms with van der Waals surface area (Å²) >= 11 is 0. The van der Waals surface area contributed by atoms with Gasteiger partial charge >= 0.3 is 0 Å². The van der Waals surface area contributed by atoms with E-state index in [9.17, 15) is 4.79 Å². The van der Waals surface area contributed by atoms with Crippen LogP contribution in [-0.2, 0) is 10.2 Å². The fourth-order valence-electron chi connectivity index (χ4n) is 5.69. The fourth-order valence-corrected chi connectivity index (χ4v) is 5.69. The molecule has 0 atom stereocenters. The quantitative estimate of drug-likeness (QED) is 0.150. The van der Waals surface area contributed by atoms with Crippen molar-refractivity contribution in [1.82, 2.24) is 0 Å². The maximum Gasteiger partial charge on any atom is 0.149 e. The maximum atomic E-state index is 12.9. The lowest BCUT2D eigenvalue weighted by molar-refractivity contribution is -0.119. The van der Waals surface area contributed by atoms with Gasteiger partial charge in [-0.2, -0.15) is 0 Å². The SMILES string of the molecule is C.CC.CC.CC.CC.CC.CC.CC(=O)C(c1ccccc1)(c1ccccc1)c1ccccc1.c1ccc(C(c2ccccc2)c2ccccc2)cc1. The van der Waals surface area contributed by atoms with Crippen LogP contribution in [0.1, 0.15) is 137 Å². The van der Waals surface area contributed by atoms with E-state index in [0.29, 0.717) is 5.92 Å². The summed E-state index contributed by atoms with van der Waals surface area (Å²) < 4.78 is 0. The molecule has 6 aromatic rings. The molecule has 0 unspecified atom stereocenters. The number of hydrogen-bond acceptors (Lipinski definition) is 1. The van der Waals surface area contributed by atoms with Crippen LogP contribution in [0.4, 0.5) is 0 Å². The smallest absolute Gasteiger partial charge is 0.149 e. The normalized spacial score (nSPS) is 8.93. The van der Waals surface area contributed by atoms with Crippen molar-refractivity contribution in [2.45, 2.75) is 109 Å². The van der Waals surface area contributed by atoms with E-state index in [4.69, 9.17) is 0 Å². The van der Waals surface area contributed by atoms with Crippen LogP contribution in [0.2, 0.25) is 0 Å². The Hall–Kier alpha value is -5.01. The minimum Gasteiger partial charge on any atom is -0.298 e. The van der Waals surface area contributed by atoms with Crippen molar-refractivity contribution in [3.8, 4) is 0 Å². The van der Waals surface area contributed by atoms with Crippen LogP contribution in [0.15, 0.2) is 182 Å². The largest absolute Gasteiger partial charge is 0.298 e. The van der Waals surface area contributed by atoms with Gasteiger partial charge in [0.15, 0.2) is 0 Å². The Kier molecular flexibility index (Phi) is 34.6. The molecule has 0 radical (unpaired) electrons. The molecule has 6 aromatic carbocycles. The van der Waals surface area contributed by atoms with Crippen LogP contribution < -0.4 is 0 Å². The third kappa shape index (κ3) is 15.9. The molecule has 1 heteroatoms. The second-order valence-corrected chi connectivity index (χ2v) is 10.1. The Bertz CT molecular complexity index is 1420. The Labute approximate surface area is 333 Å². The predicted octanol–water partition coefficient (Wildman–Crippen LogP) is 16.3. The highest BCUT2D eigenvalue weighted by atomic mass is 16.1. The third-order valence-corrected chi connectivity index (χ3v) is 7.55. The van der Waals surface area contributed by atoms with Crippen LogP contribution in [-0.4, -0.2) is 5.78 Å². The van der Waals surface area contributed by atoms with Crippen LogP contribution in [0.5, 0.6) is 0 Å². The molecule has 0 saturated heterocycles. The summed E-state index contributed by atoms with van der Waals surface area (Å²) in [6.07, 6.45) is 0. The van der Waals surface area contributed by atoms with Gasteiger partial charge in [-0.25, -0.2) is 0 Å². The van der Waals surface area contributed by atoms with Gasteiger partial charge in [0.1, 0.15) is 11.2 Å². The van der Waals surface area contributed by atoms with Gasteiger partial charge in [0, 0.05) is 5.92 Å². The van der Waals surface area contributed by atoms with Crippen molar-refractivity contribution >= 4 is 5.78 Å². The summed E-state index contributed by atoms with van der Waals surface area (Å²) in [5, 5.41) is 0. The van der Waals surface area contributed by atoms with E-state index in [1.165, 1.54) is 16.7 Å². The fraction of sp³-hybridized carbons (Fsp3) is 0.302. The summed E-state index contributed by atoms with van der Waals surface area (Å²) in [6.45, 7) is 25.7. The predicted molar refractivity (Wildman–Crippen MR) is 245 cm³/mol. The molecule has 0 aliphatic rings. The minimum absolute atomic E-state index is 0. The van der Waals surface area contributed by atoms with Crippen molar-refractivity contribution < 1.29 is 4.79 Å². The summed E-state index contributed by atoms with van der Waals surface area (Å²) in [4.78, 5) is 12.9. The van der Waals surface area contributed by atoms with Gasteiger partial charge in [0.25, 0.3) is 0 Å². The molecule has 0 heterocycles. The summed E-state index contributed by atoms with van der Waals surface area (Å²) in [5.74, 6) is 0.430. The lowest BCUT2D eigenvalue weighted by Gasteiger charge is -2.33. The summed E-state index contributed by atoms with van der Waals surface area (Å²) in [6, 6.07) is 62.0. The van der Waals surface area contributed by atoms with E-state index < -0.39 is 5.41 Å². The molecular formula is C53H74O. The molecule has 0 aromatic heterocycles. The van der Waals surface area contributed by atoms with Gasteiger partial charge in [0.2, 0.25) is 0 Å². The van der Waals surface area contributed by atoms with E-state index in [0.717, 1.165) is 16.7 Å². The molecule has 0 amide bonds. The number of hydrogen-bond donors (Lipinski definition) is 0. The number of benzene rings is 6. The first-order chi connectivity index (χ1) is 26.2. The van der Waals surface area contributed by atoms with Crippen molar-refractivity contribution in [3.63, 3.8) is 0 Å². The molecule has 0 spiro atoms. The Morgan fingerprint density at radius 3 is 0.667 bits per heavy atom. The van der Waals surface area contributed by atoms with Crippen molar-refractivity contribution in [2.24, 2.45) is 0 Å². The molecule has 0 aliphatic carbocycles. The van der Waals surface area contributed by atoms with Gasteiger partial charge in [-0.15, -0.1) is 0 Å². The van der Waals surface area contributed by atoms with E-state index >= 15 is 0 Å². The van der Waals surface area contributed by atoms with Gasteiger partial charge in [0.05, 0.1) is 0 Å². The molecule has 292 valence electrons. The van der Waals surface area contributed by atoms with Crippen LogP contribution in [0.25, 0.3) is 0 Å². The van der Waals surface area contributed by atoms with E-state index in [-0.39, 0.29) is 13.2 Å². The molecular weight excluding hydrogens is 653 g/mol. The zero-order chi connectivity index (χ0) is 40.3. The highest BCUT2D eigenvalue weighted by Crippen LogP contribution is 2.40. The van der Waals surface area contributed by atoms with Crippen molar-refractivity contribution in [1.29, 1.82) is 0 Å². The zero-order valence-electron chi connectivity index (χ0n) is 35.3. The molecule has 1 nitrogen and oxygen atoms in total. The topological polar surface area (TPSA) is 17.1 Å². The molecule has 0 fully saturated rings. The molecule has 6 rings (SSSR count). The second-order valence-electron chi connectivity index (χ2n) is 10.1. The molecule has 0 aliphatic heterocycles. The van der Waals surface area contributed by atoms with Crippen molar-refractivity contribution in [2.75, 3.05) is 0 Å². The van der Waals surface area contributed by atoms with Gasteiger partial charge in [-0.05, 0) is 40.3 Å². The van der Waals surface area contributed by atoms with E-state index in [1.54, 1.807) is 6.92 Å². The lowest BCUT2D eigenvalue weighted by Crippen LogP contribution is -2.36. The Balaban J connectivity index is -0.000000747. The van der Waals surface area contributed by atoms with Crippen molar-refractivity contribution in [3.05, 3.63) is 215 Å². The molecule has 54 heavy (non-hydrogen) atoms. The first-order valence-corrected chi connectivity index (χ1v) is 20.0. The standard InChI is InChI=1S/C21H18O.C19H16.6C2H6.CH4/c1-17(22)21(18-11-5-2-6-12-18,19-13-7-3-8-14-19)20-15-9-4-10-16-20;1-4-10-16(11-5-1)19(17-12-6-2-7-13-17)18-14-8-3-9-15-18;6*1-2;/h2-16H,1H3;1-15,19H;6*1-2H3;1H4. The zero-order valence-corrected chi connectivity index (χ0v) is 35.3. The van der Waals surface area contributed by atoms with Gasteiger partial charge < -0.3 is 0 Å². The maximum absolute atomic E-state index is 12.9. The van der Waals surface area contributed by atoms with Gasteiger partial charge in [-0.3, -0.25) is 4.79 Å². The number of carbonyl (C=O) groups excluding carboxylic acids is 1. The first-order valence-electron chi connectivity index (χ1n) is 20.0. The summed E-state index contributed by atoms with van der Waals surface area (Å²) in [5.41, 5.74) is 6.24. The van der Waals surface area contributed by atoms with Crippen LogP contribution in [0.3, 0.4) is 0 Å². The highest BCUT2D eigenvalue weighted by molar-refractivity contribution is 5.96. The Morgan fingerprint density at radius 1 is 0.333 bits per heavy atom. The summed E-state index contributed by atoms with van der Waals surface area (Å²) in [7, 11) is 0. The average molecular weight is 727 g/mol. The molecule has 0 bridgehead atoms. The van der Waals surface area contributed by atoms with E-state index in [2.05, 4.69) is 91.0 Å². The van der Waals surface area contributed by atoms with Crippen LogP contribution in [0, 0.1) is 0 Å². The van der Waals surface area contributed by atoms with Crippen LogP contribution >= 0.6 is 0 Å². The number of Topliss-reactive ketones (excluding diaryl/α,β-unsaturated/α-hetero) is 1. The third-order valence-electron chi connectivity index (χ3n) is 7.55. The van der Waals surface area contributed by atoms with E-state index in [1.807, 2.05) is 174 Å². The minimum atomic E-state index is -0.760. The number of ketones is 1. The monoisotopic (exact) mass is 727 g/mol. The molecule has 0 saturated carbocycles. The average Bonchev–Trinajstić information content (AvgIpc) is 3.28. The second kappa shape index (κ2) is 35.0. The lowest BCUT2D eigenvalue weighted by atomic mass is 9.67. The first kappa shape index (κ1) is 53.3.